The fourth-order valence-corrected chi connectivity index (χ4v) is 2.29. The van der Waals surface area contributed by atoms with E-state index in [1.165, 1.54) is 16.7 Å². The highest BCUT2D eigenvalue weighted by molar-refractivity contribution is 5.31. The smallest absolute Gasteiger partial charge is 0.0741 e. The summed E-state index contributed by atoms with van der Waals surface area (Å²) in [5.74, 6) is 5.69. The molecule has 1 aromatic carbocycles. The Morgan fingerprint density at radius 1 is 1.28 bits per heavy atom. The summed E-state index contributed by atoms with van der Waals surface area (Å²) in [5, 5.41) is 0. The van der Waals surface area contributed by atoms with Crippen LogP contribution in [0.3, 0.4) is 0 Å². The minimum absolute atomic E-state index is 0.162. The number of ether oxygens (including phenoxy) is 1. The lowest BCUT2D eigenvalue weighted by atomic mass is 9.95. The van der Waals surface area contributed by atoms with Crippen molar-refractivity contribution in [3.8, 4) is 0 Å². The molecule has 0 saturated heterocycles. The molecule has 0 saturated carbocycles. The van der Waals surface area contributed by atoms with Crippen LogP contribution in [0.2, 0.25) is 0 Å². The van der Waals surface area contributed by atoms with Crippen molar-refractivity contribution in [2.75, 3.05) is 6.61 Å². The zero-order valence-corrected chi connectivity index (χ0v) is 12.0. The number of rotatable bonds is 7. The van der Waals surface area contributed by atoms with Crippen LogP contribution in [0, 0.1) is 13.8 Å². The van der Waals surface area contributed by atoms with Crippen LogP contribution in [0.5, 0.6) is 0 Å². The molecular formula is C15H26N2O. The van der Waals surface area contributed by atoms with E-state index >= 15 is 0 Å². The Bertz CT molecular complexity index is 366. The Morgan fingerprint density at radius 2 is 2.00 bits per heavy atom. The van der Waals surface area contributed by atoms with E-state index < -0.39 is 0 Å². The van der Waals surface area contributed by atoms with E-state index in [0.29, 0.717) is 0 Å². The van der Waals surface area contributed by atoms with Gasteiger partial charge in [-0.2, -0.15) is 0 Å². The molecule has 18 heavy (non-hydrogen) atoms. The predicted octanol–water partition coefficient (Wildman–Crippen LogP) is 2.49. The Hall–Kier alpha value is -0.900. The molecule has 3 nitrogen and oxygen atoms in total. The van der Waals surface area contributed by atoms with Gasteiger partial charge in [-0.1, -0.05) is 30.7 Å². The topological polar surface area (TPSA) is 47.3 Å². The Morgan fingerprint density at radius 3 is 2.56 bits per heavy atom. The van der Waals surface area contributed by atoms with Crippen molar-refractivity contribution in [3.63, 3.8) is 0 Å². The number of hydrogen-bond donors (Lipinski definition) is 2. The van der Waals surface area contributed by atoms with Crippen molar-refractivity contribution in [3.05, 3.63) is 34.9 Å². The molecule has 0 spiro atoms. The lowest BCUT2D eigenvalue weighted by Gasteiger charge is -2.26. The van der Waals surface area contributed by atoms with E-state index in [1.807, 2.05) is 6.92 Å². The average molecular weight is 250 g/mol. The normalized spacial score (nSPS) is 14.5. The molecule has 1 aromatic rings. The maximum absolute atomic E-state index is 5.74. The van der Waals surface area contributed by atoms with Crippen LogP contribution in [0.25, 0.3) is 0 Å². The van der Waals surface area contributed by atoms with Crippen molar-refractivity contribution >= 4 is 0 Å². The summed E-state index contributed by atoms with van der Waals surface area (Å²) in [5.41, 5.74) is 6.85. The largest absolute Gasteiger partial charge is 0.377 e. The summed E-state index contributed by atoms with van der Waals surface area (Å²) in [6, 6.07) is 6.71. The maximum Gasteiger partial charge on any atom is 0.0741 e. The van der Waals surface area contributed by atoms with Gasteiger partial charge in [0.2, 0.25) is 0 Å². The first kappa shape index (κ1) is 15.2. The van der Waals surface area contributed by atoms with Gasteiger partial charge in [0.1, 0.15) is 0 Å². The zero-order valence-electron chi connectivity index (χ0n) is 12.0. The van der Waals surface area contributed by atoms with Gasteiger partial charge in [-0.15, -0.1) is 0 Å². The van der Waals surface area contributed by atoms with Crippen LogP contribution in [-0.4, -0.2) is 18.8 Å². The lowest BCUT2D eigenvalue weighted by Crippen LogP contribution is -2.46. The molecule has 0 heterocycles. The molecule has 1 rings (SSSR count). The van der Waals surface area contributed by atoms with Gasteiger partial charge in [0.05, 0.1) is 12.1 Å². The molecule has 0 aliphatic rings. The SMILES string of the molecule is CCOC(CC)C(Cc1cc(C)ccc1C)NN. The molecule has 102 valence electrons. The second-order valence-electron chi connectivity index (χ2n) is 4.81. The van der Waals surface area contributed by atoms with Crippen molar-refractivity contribution in [1.29, 1.82) is 0 Å². The molecule has 0 aliphatic heterocycles. The van der Waals surface area contributed by atoms with E-state index in [4.69, 9.17) is 10.6 Å². The first-order chi connectivity index (χ1) is 8.62. The number of aryl methyl sites for hydroxylation is 2. The highest BCUT2D eigenvalue weighted by atomic mass is 16.5. The van der Waals surface area contributed by atoms with Gasteiger partial charge < -0.3 is 4.74 Å². The van der Waals surface area contributed by atoms with Crippen molar-refractivity contribution in [1.82, 2.24) is 5.43 Å². The third kappa shape index (κ3) is 4.09. The zero-order chi connectivity index (χ0) is 13.5. The van der Waals surface area contributed by atoms with E-state index in [1.54, 1.807) is 0 Å². The third-order valence-electron chi connectivity index (χ3n) is 3.39. The van der Waals surface area contributed by atoms with E-state index in [0.717, 1.165) is 19.4 Å². The van der Waals surface area contributed by atoms with Gasteiger partial charge >= 0.3 is 0 Å². The molecule has 3 N–H and O–H groups in total. The van der Waals surface area contributed by atoms with Crippen LogP contribution in [0.4, 0.5) is 0 Å². The lowest BCUT2D eigenvalue weighted by molar-refractivity contribution is 0.0319. The van der Waals surface area contributed by atoms with Gasteiger partial charge in [-0.3, -0.25) is 11.3 Å². The number of hydrogen-bond acceptors (Lipinski definition) is 3. The van der Waals surface area contributed by atoms with Gasteiger partial charge in [0, 0.05) is 6.61 Å². The third-order valence-corrected chi connectivity index (χ3v) is 3.39. The molecule has 3 heteroatoms. The van der Waals surface area contributed by atoms with Gasteiger partial charge in [0.25, 0.3) is 0 Å². The minimum Gasteiger partial charge on any atom is -0.377 e. The number of benzene rings is 1. The minimum atomic E-state index is 0.162. The molecule has 0 amide bonds. The summed E-state index contributed by atoms with van der Waals surface area (Å²) in [6.45, 7) is 9.14. The highest BCUT2D eigenvalue weighted by Crippen LogP contribution is 2.16. The Kier molecular flexibility index (Phi) is 6.33. The van der Waals surface area contributed by atoms with E-state index in [9.17, 15) is 0 Å². The van der Waals surface area contributed by atoms with Gasteiger partial charge in [0.15, 0.2) is 0 Å². The average Bonchev–Trinajstić information content (AvgIpc) is 2.37. The summed E-state index contributed by atoms with van der Waals surface area (Å²) >= 11 is 0. The molecule has 0 aliphatic carbocycles. The predicted molar refractivity (Wildman–Crippen MR) is 76.4 cm³/mol. The first-order valence-corrected chi connectivity index (χ1v) is 6.76. The summed E-state index contributed by atoms with van der Waals surface area (Å²) < 4.78 is 5.74. The molecule has 2 unspecified atom stereocenters. The molecule has 0 radical (unpaired) electrons. The van der Waals surface area contributed by atoms with Crippen molar-refractivity contribution < 1.29 is 4.74 Å². The number of nitrogens with two attached hydrogens (primary N) is 1. The van der Waals surface area contributed by atoms with Crippen LogP contribution < -0.4 is 11.3 Å². The van der Waals surface area contributed by atoms with Crippen LogP contribution in [-0.2, 0) is 11.2 Å². The quantitative estimate of drug-likeness (QED) is 0.577. The van der Waals surface area contributed by atoms with Gasteiger partial charge in [-0.05, 0) is 44.7 Å². The second kappa shape index (κ2) is 7.52. The number of hydrazine groups is 1. The van der Waals surface area contributed by atoms with Crippen molar-refractivity contribution in [2.45, 2.75) is 52.7 Å². The standard InChI is InChI=1S/C15H26N2O/c1-5-15(18-6-2)14(17-16)10-13-9-11(3)7-8-12(13)4/h7-9,14-15,17H,5-6,10,16H2,1-4H3. The first-order valence-electron chi connectivity index (χ1n) is 6.76. The van der Waals surface area contributed by atoms with Gasteiger partial charge in [-0.25, -0.2) is 0 Å². The molecule has 2 atom stereocenters. The monoisotopic (exact) mass is 250 g/mol. The van der Waals surface area contributed by atoms with E-state index in [2.05, 4.69) is 44.4 Å². The Labute approximate surface area is 111 Å². The number of nitrogens with one attached hydrogen (secondary N) is 1. The van der Waals surface area contributed by atoms with E-state index in [-0.39, 0.29) is 12.1 Å². The summed E-state index contributed by atoms with van der Waals surface area (Å²) in [4.78, 5) is 0. The molecular weight excluding hydrogens is 224 g/mol. The molecule has 0 aromatic heterocycles. The van der Waals surface area contributed by atoms with Crippen molar-refractivity contribution in [2.24, 2.45) is 5.84 Å². The summed E-state index contributed by atoms with van der Waals surface area (Å²) in [6.07, 6.45) is 2.04. The fourth-order valence-electron chi connectivity index (χ4n) is 2.29. The maximum atomic E-state index is 5.74. The highest BCUT2D eigenvalue weighted by Gasteiger charge is 2.20. The molecule has 0 fully saturated rings. The van der Waals surface area contributed by atoms with Crippen LogP contribution in [0.15, 0.2) is 18.2 Å². The second-order valence-corrected chi connectivity index (χ2v) is 4.81. The fraction of sp³-hybridized carbons (Fsp3) is 0.600. The molecule has 0 bridgehead atoms. The van der Waals surface area contributed by atoms with Crippen LogP contribution in [0.1, 0.15) is 37.0 Å². The Balaban J connectivity index is 2.81. The van der Waals surface area contributed by atoms with Crippen LogP contribution >= 0.6 is 0 Å². The summed E-state index contributed by atoms with van der Waals surface area (Å²) in [7, 11) is 0.